The molecule has 2 nitrogen and oxygen atoms in total. The molecule has 0 aliphatic carbocycles. The first-order chi connectivity index (χ1) is 7.10. The van der Waals surface area contributed by atoms with E-state index in [1.165, 1.54) is 42.7 Å². The van der Waals surface area contributed by atoms with Crippen molar-refractivity contribution in [2.75, 3.05) is 5.73 Å². The fourth-order valence-corrected chi connectivity index (χ4v) is 1.38. The first-order valence-corrected chi connectivity index (χ1v) is 4.48. The van der Waals surface area contributed by atoms with Gasteiger partial charge in [-0.05, 0) is 18.2 Å². The Labute approximate surface area is 85.7 Å². The largest absolute Gasteiger partial charge is 0.399 e. The third-order valence-corrected chi connectivity index (χ3v) is 2.23. The molecule has 2 rings (SSSR count). The molecule has 0 aliphatic rings. The second-order valence-corrected chi connectivity index (χ2v) is 3.30. The van der Waals surface area contributed by atoms with Gasteiger partial charge in [0.25, 0.3) is 5.92 Å². The molecule has 1 aromatic heterocycles. The highest BCUT2D eigenvalue weighted by Crippen LogP contribution is 2.35. The minimum Gasteiger partial charge on any atom is -0.399 e. The fourth-order valence-electron chi connectivity index (χ4n) is 1.38. The molecular formula is C11H10F2N2. The lowest BCUT2D eigenvalue weighted by molar-refractivity contribution is 0.0430. The molecule has 0 saturated carbocycles. The Morgan fingerprint density at radius 1 is 1.00 bits per heavy atom. The number of H-pyrrole nitrogens is 1. The number of anilines is 1. The highest BCUT2D eigenvalue weighted by Gasteiger charge is 2.34. The molecule has 0 fully saturated rings. The molecule has 15 heavy (non-hydrogen) atoms. The van der Waals surface area contributed by atoms with Gasteiger partial charge in [0.2, 0.25) is 0 Å². The highest BCUT2D eigenvalue weighted by molar-refractivity contribution is 5.42. The Morgan fingerprint density at radius 3 is 2.20 bits per heavy atom. The lowest BCUT2D eigenvalue weighted by Crippen LogP contribution is -2.14. The maximum Gasteiger partial charge on any atom is 0.299 e. The number of aromatic amines is 1. The summed E-state index contributed by atoms with van der Waals surface area (Å²) in [6.45, 7) is 0. The lowest BCUT2D eigenvalue weighted by atomic mass is 10.0. The fraction of sp³-hybridized carbons (Fsp3) is 0.0909. The molecule has 2 aromatic rings. The van der Waals surface area contributed by atoms with Crippen molar-refractivity contribution in [3.8, 4) is 0 Å². The predicted molar refractivity (Wildman–Crippen MR) is 54.6 cm³/mol. The van der Waals surface area contributed by atoms with Crippen molar-refractivity contribution < 1.29 is 8.78 Å². The number of hydrogen-bond donors (Lipinski definition) is 2. The topological polar surface area (TPSA) is 41.8 Å². The van der Waals surface area contributed by atoms with Crippen LogP contribution in [0.5, 0.6) is 0 Å². The molecule has 0 atom stereocenters. The van der Waals surface area contributed by atoms with Gasteiger partial charge in [-0.15, -0.1) is 0 Å². The van der Waals surface area contributed by atoms with Crippen molar-refractivity contribution in [2.45, 2.75) is 5.92 Å². The number of hydrogen-bond acceptors (Lipinski definition) is 1. The van der Waals surface area contributed by atoms with Crippen LogP contribution in [-0.4, -0.2) is 4.98 Å². The summed E-state index contributed by atoms with van der Waals surface area (Å²) >= 11 is 0. The van der Waals surface area contributed by atoms with Gasteiger partial charge < -0.3 is 10.7 Å². The number of halogens is 2. The summed E-state index contributed by atoms with van der Waals surface area (Å²) in [5.74, 6) is -2.98. The highest BCUT2D eigenvalue weighted by atomic mass is 19.3. The Kier molecular flexibility index (Phi) is 2.19. The Hall–Kier alpha value is -1.84. The molecule has 0 unspecified atom stereocenters. The van der Waals surface area contributed by atoms with Gasteiger partial charge in [-0.2, -0.15) is 8.78 Å². The Morgan fingerprint density at radius 2 is 1.67 bits per heavy atom. The number of nitrogen functional groups attached to an aromatic ring is 1. The summed E-state index contributed by atoms with van der Waals surface area (Å²) in [4.78, 5) is 2.61. The van der Waals surface area contributed by atoms with E-state index in [0.717, 1.165) is 0 Å². The lowest BCUT2D eigenvalue weighted by Gasteiger charge is -2.15. The molecule has 0 spiro atoms. The number of benzene rings is 1. The minimum absolute atomic E-state index is 0.0488. The van der Waals surface area contributed by atoms with Crippen LogP contribution in [0.1, 0.15) is 11.1 Å². The first kappa shape index (κ1) is 9.71. The smallest absolute Gasteiger partial charge is 0.299 e. The zero-order valence-electron chi connectivity index (χ0n) is 7.87. The average molecular weight is 208 g/mol. The average Bonchev–Trinajstić information content (AvgIpc) is 2.71. The zero-order chi connectivity index (χ0) is 10.9. The number of rotatable bonds is 2. The Bertz CT molecular complexity index is 432. The molecule has 0 bridgehead atoms. The minimum atomic E-state index is -2.98. The monoisotopic (exact) mass is 208 g/mol. The van der Waals surface area contributed by atoms with E-state index in [0.29, 0.717) is 5.69 Å². The van der Waals surface area contributed by atoms with Crippen molar-refractivity contribution in [1.82, 2.24) is 4.98 Å². The first-order valence-electron chi connectivity index (χ1n) is 4.48. The Balaban J connectivity index is 2.41. The van der Waals surface area contributed by atoms with Gasteiger partial charge in [0.05, 0.1) is 0 Å². The molecular weight excluding hydrogens is 198 g/mol. The van der Waals surface area contributed by atoms with Crippen molar-refractivity contribution in [1.29, 1.82) is 0 Å². The van der Waals surface area contributed by atoms with E-state index >= 15 is 0 Å². The van der Waals surface area contributed by atoms with Crippen molar-refractivity contribution in [3.05, 3.63) is 53.9 Å². The molecule has 0 radical (unpaired) electrons. The second-order valence-electron chi connectivity index (χ2n) is 3.30. The number of nitrogens with two attached hydrogens (primary N) is 1. The summed E-state index contributed by atoms with van der Waals surface area (Å²) in [5.41, 5.74) is 5.81. The van der Waals surface area contributed by atoms with E-state index in [-0.39, 0.29) is 11.1 Å². The van der Waals surface area contributed by atoms with Gasteiger partial charge in [0.15, 0.2) is 0 Å². The van der Waals surface area contributed by atoms with Crippen LogP contribution < -0.4 is 5.73 Å². The van der Waals surface area contributed by atoms with E-state index in [9.17, 15) is 8.78 Å². The van der Waals surface area contributed by atoms with Gasteiger partial charge in [0, 0.05) is 29.2 Å². The maximum absolute atomic E-state index is 13.8. The van der Waals surface area contributed by atoms with E-state index in [1.807, 2.05) is 0 Å². The summed E-state index contributed by atoms with van der Waals surface area (Å²) in [7, 11) is 0. The van der Waals surface area contributed by atoms with Gasteiger partial charge >= 0.3 is 0 Å². The van der Waals surface area contributed by atoms with E-state index < -0.39 is 5.92 Å². The standard InChI is InChI=1S/C11H10F2N2/c12-11(13,9-5-6-15-7-9)8-1-3-10(14)4-2-8/h1-7,15H,14H2. The van der Waals surface area contributed by atoms with Crippen LogP contribution in [0.25, 0.3) is 0 Å². The predicted octanol–water partition coefficient (Wildman–Crippen LogP) is 2.74. The molecule has 0 amide bonds. The summed E-state index contributed by atoms with van der Waals surface area (Å²) in [6.07, 6.45) is 2.76. The van der Waals surface area contributed by atoms with Crippen LogP contribution >= 0.6 is 0 Å². The molecule has 0 saturated heterocycles. The van der Waals surface area contributed by atoms with Crippen molar-refractivity contribution >= 4 is 5.69 Å². The van der Waals surface area contributed by atoms with Gasteiger partial charge in [0.1, 0.15) is 0 Å². The third-order valence-electron chi connectivity index (χ3n) is 2.23. The number of alkyl halides is 2. The molecule has 1 aromatic carbocycles. The van der Waals surface area contributed by atoms with Gasteiger partial charge in [-0.1, -0.05) is 12.1 Å². The zero-order valence-corrected chi connectivity index (χ0v) is 7.87. The van der Waals surface area contributed by atoms with Crippen LogP contribution in [0.4, 0.5) is 14.5 Å². The van der Waals surface area contributed by atoms with E-state index in [4.69, 9.17) is 5.73 Å². The van der Waals surface area contributed by atoms with Gasteiger partial charge in [-0.25, -0.2) is 0 Å². The third kappa shape index (κ3) is 1.70. The van der Waals surface area contributed by atoms with Crippen LogP contribution in [0, 0.1) is 0 Å². The molecule has 0 aliphatic heterocycles. The molecule has 3 N–H and O–H groups in total. The molecule has 1 heterocycles. The van der Waals surface area contributed by atoms with Crippen molar-refractivity contribution in [2.24, 2.45) is 0 Å². The van der Waals surface area contributed by atoms with E-state index in [2.05, 4.69) is 4.98 Å². The van der Waals surface area contributed by atoms with Crippen molar-refractivity contribution in [3.63, 3.8) is 0 Å². The summed E-state index contributed by atoms with van der Waals surface area (Å²) < 4.78 is 27.6. The number of aromatic nitrogens is 1. The maximum atomic E-state index is 13.8. The summed E-state index contributed by atoms with van der Waals surface area (Å²) in [6, 6.07) is 6.97. The van der Waals surface area contributed by atoms with Crippen LogP contribution in [0.2, 0.25) is 0 Å². The normalized spacial score (nSPS) is 11.6. The molecule has 4 heteroatoms. The van der Waals surface area contributed by atoms with E-state index in [1.54, 1.807) is 0 Å². The van der Waals surface area contributed by atoms with Gasteiger partial charge in [-0.3, -0.25) is 0 Å². The summed E-state index contributed by atoms with van der Waals surface area (Å²) in [5, 5.41) is 0. The van der Waals surface area contributed by atoms with Crippen LogP contribution in [0.3, 0.4) is 0 Å². The van der Waals surface area contributed by atoms with Crippen LogP contribution in [-0.2, 0) is 5.92 Å². The number of nitrogens with one attached hydrogen (secondary N) is 1. The molecule has 78 valence electrons. The quantitative estimate of drug-likeness (QED) is 0.732. The second kappa shape index (κ2) is 3.38. The van der Waals surface area contributed by atoms with Crippen LogP contribution in [0.15, 0.2) is 42.7 Å². The SMILES string of the molecule is Nc1ccc(C(F)(F)c2cc[nH]c2)cc1.